The maximum Gasteiger partial charge on any atom is 0.0884 e. The number of benzene rings is 6. The molecule has 480 valence electrons. The van der Waals surface area contributed by atoms with Gasteiger partial charge in [-0.05, 0) is 233 Å². The first-order valence-electron chi connectivity index (χ1n) is 33.6. The number of aryl methyl sites for hydroxylation is 2. The second-order valence-electron chi connectivity index (χ2n) is 25.2. The van der Waals surface area contributed by atoms with Crippen LogP contribution >= 0.6 is 46.6 Å². The summed E-state index contributed by atoms with van der Waals surface area (Å²) in [5.41, 5.74) is 30.0. The summed E-state index contributed by atoms with van der Waals surface area (Å²) in [7, 11) is 0. The normalized spacial score (nSPS) is 19.0. The van der Waals surface area contributed by atoms with Crippen molar-refractivity contribution >= 4 is 79.2 Å². The molecule has 3 aliphatic rings. The molecule has 1 aliphatic carbocycles. The van der Waals surface area contributed by atoms with Crippen LogP contribution in [0.4, 0.5) is 22.7 Å². The number of thiophene rings is 1. The standard InChI is InChI=1S/C88H94N2S4/c1-17-22-30-57(6)61(10)84-63(12)65(14)86(93-84)72-42-48-75(49-43-72)89(74-46-40-71(41-47-74)85-64(13)62(11)83(92-85)60(9)28-18-2)56-27-33-68(20-4)69-36-50-76(51-37-69)90(77-52-38-70(39-53-77)81(21-5)91-82(29-19-3)79-34-25-23-31-58(79)7)78-54-44-73(45-55-78)87-66(15)67(16)88(94-87)80-35-26-24-32-59(80)8/h17-18,20,22-50,52-55,62,65,69,81,83,86H,9-10,19,21,56H2,1-8,11-16H3. The smallest absolute Gasteiger partial charge is 0.0884 e. The minimum atomic E-state index is 0.0407. The number of anilines is 4. The highest BCUT2D eigenvalue weighted by Gasteiger charge is 2.34. The Balaban J connectivity index is 0.945. The maximum atomic E-state index is 4.57. The van der Waals surface area contributed by atoms with Gasteiger partial charge in [0.15, 0.2) is 0 Å². The number of rotatable bonds is 24. The Hall–Kier alpha value is -7.67. The van der Waals surface area contributed by atoms with E-state index in [2.05, 4.69) is 344 Å². The molecule has 6 aromatic carbocycles. The molecular formula is C88H94N2S4. The minimum absolute atomic E-state index is 0.0407. The Morgan fingerprint density at radius 3 is 1.91 bits per heavy atom. The van der Waals surface area contributed by atoms with Crippen LogP contribution in [0.1, 0.15) is 137 Å². The summed E-state index contributed by atoms with van der Waals surface area (Å²) in [6.45, 7) is 41.0. The van der Waals surface area contributed by atoms with Crippen LogP contribution < -0.4 is 9.80 Å². The van der Waals surface area contributed by atoms with Gasteiger partial charge in [0, 0.05) is 75.4 Å². The molecule has 0 saturated heterocycles. The molecule has 2 nitrogen and oxygen atoms in total. The van der Waals surface area contributed by atoms with Crippen LogP contribution in [-0.4, -0.2) is 11.8 Å². The number of thioether (sulfide) groups is 3. The highest BCUT2D eigenvalue weighted by molar-refractivity contribution is 8.09. The lowest BCUT2D eigenvalue weighted by molar-refractivity contribution is 0.675. The van der Waals surface area contributed by atoms with Crippen LogP contribution in [0, 0.1) is 45.4 Å². The molecule has 0 fully saturated rings. The van der Waals surface area contributed by atoms with Crippen LogP contribution in [0.25, 0.3) is 30.7 Å². The Morgan fingerprint density at radius 1 is 0.670 bits per heavy atom. The van der Waals surface area contributed by atoms with E-state index in [4.69, 9.17) is 0 Å². The molecule has 6 atom stereocenters. The zero-order chi connectivity index (χ0) is 66.7. The number of nitrogens with zero attached hydrogens (tertiary/aromatic N) is 2. The van der Waals surface area contributed by atoms with E-state index in [1.165, 1.54) is 108 Å². The summed E-state index contributed by atoms with van der Waals surface area (Å²) in [6.07, 6.45) is 28.8. The van der Waals surface area contributed by atoms with E-state index in [1.54, 1.807) is 0 Å². The Bertz CT molecular complexity index is 4270. The average molecular weight is 1310 g/mol. The summed E-state index contributed by atoms with van der Waals surface area (Å²) in [5.74, 6) is 0.849. The lowest BCUT2D eigenvalue weighted by atomic mass is 9.92. The molecule has 0 radical (unpaired) electrons. The van der Waals surface area contributed by atoms with Gasteiger partial charge < -0.3 is 9.80 Å². The fraction of sp³-hybridized carbons (Fsp3) is 0.261. The third-order valence-electron chi connectivity index (χ3n) is 19.1. The van der Waals surface area contributed by atoms with E-state index in [-0.39, 0.29) is 5.92 Å². The lowest BCUT2D eigenvalue weighted by Gasteiger charge is -2.27. The SMILES string of the molecule is C=C(C(C)=CC=CC)C1=C(C)C(C)C(c2ccc(N(CC=CC(=CC)C3C=C=C(N(c4ccc(-c5sc(-c6ccccc6C)c(C)c5C)cc4)c4ccc(C(CC)SC(=CCC)c5ccccc5C)cc4)C=C3)c3ccc(C4=C(C)C(C)C(C(=C)C=CC)S4)cc3)cc2)S1. The molecule has 6 unspecified atom stereocenters. The number of hydrogen-bond acceptors (Lipinski definition) is 6. The van der Waals surface area contributed by atoms with Crippen molar-refractivity contribution in [1.82, 2.24) is 0 Å². The zero-order valence-electron chi connectivity index (χ0n) is 57.8. The lowest BCUT2D eigenvalue weighted by Crippen LogP contribution is -2.17. The van der Waals surface area contributed by atoms with Gasteiger partial charge in [-0.3, -0.25) is 0 Å². The molecule has 0 N–H and O–H groups in total. The molecule has 0 bridgehead atoms. The van der Waals surface area contributed by atoms with Gasteiger partial charge in [0.25, 0.3) is 0 Å². The quantitative estimate of drug-likeness (QED) is 0.0438. The van der Waals surface area contributed by atoms with Gasteiger partial charge in [0.05, 0.1) is 5.70 Å². The summed E-state index contributed by atoms with van der Waals surface area (Å²) in [4.78, 5) is 11.5. The summed E-state index contributed by atoms with van der Waals surface area (Å²) >= 11 is 7.81. The first kappa shape index (κ1) is 69.2. The van der Waals surface area contributed by atoms with Gasteiger partial charge in [-0.1, -0.05) is 216 Å². The molecule has 6 heteroatoms. The molecule has 0 spiro atoms. The van der Waals surface area contributed by atoms with E-state index in [9.17, 15) is 0 Å². The van der Waals surface area contributed by atoms with E-state index < -0.39 is 0 Å². The third-order valence-corrected chi connectivity index (χ3v) is 25.6. The molecule has 94 heavy (non-hydrogen) atoms. The highest BCUT2D eigenvalue weighted by atomic mass is 32.2. The van der Waals surface area contributed by atoms with Crippen LogP contribution in [0.2, 0.25) is 0 Å². The topological polar surface area (TPSA) is 6.48 Å². The van der Waals surface area contributed by atoms with E-state index in [0.717, 1.165) is 46.9 Å². The average Bonchev–Trinajstić information content (AvgIpc) is 1.10. The van der Waals surface area contributed by atoms with Crippen LogP contribution in [-0.2, 0) is 0 Å². The molecule has 0 saturated carbocycles. The van der Waals surface area contributed by atoms with Crippen molar-refractivity contribution in [3.8, 4) is 20.9 Å². The molecule has 1 aromatic heterocycles. The van der Waals surface area contributed by atoms with E-state index in [1.807, 2.05) is 46.6 Å². The predicted molar refractivity (Wildman–Crippen MR) is 422 cm³/mol. The van der Waals surface area contributed by atoms with Crippen molar-refractivity contribution in [3.63, 3.8) is 0 Å². The monoisotopic (exact) mass is 1310 g/mol. The molecule has 3 heterocycles. The second-order valence-corrected chi connectivity index (χ2v) is 29.8. The van der Waals surface area contributed by atoms with Crippen LogP contribution in [0.15, 0.2) is 281 Å². The Kier molecular flexibility index (Phi) is 23.3. The van der Waals surface area contributed by atoms with Crippen molar-refractivity contribution in [3.05, 3.63) is 326 Å². The largest absolute Gasteiger partial charge is 0.338 e. The fourth-order valence-corrected chi connectivity index (χ4v) is 19.0. The Morgan fingerprint density at radius 2 is 1.30 bits per heavy atom. The summed E-state index contributed by atoms with van der Waals surface area (Å²) in [6, 6.07) is 54.7. The van der Waals surface area contributed by atoms with Crippen molar-refractivity contribution in [2.24, 2.45) is 17.8 Å². The second kappa shape index (κ2) is 31.7. The van der Waals surface area contributed by atoms with Crippen LogP contribution in [0.5, 0.6) is 0 Å². The van der Waals surface area contributed by atoms with Crippen molar-refractivity contribution < 1.29 is 0 Å². The fourth-order valence-electron chi connectivity index (χ4n) is 13.0. The van der Waals surface area contributed by atoms with Crippen LogP contribution in [0.3, 0.4) is 0 Å². The summed E-state index contributed by atoms with van der Waals surface area (Å²) < 4.78 is 0. The highest BCUT2D eigenvalue weighted by Crippen LogP contribution is 2.55. The van der Waals surface area contributed by atoms with E-state index in [0.29, 0.717) is 34.1 Å². The van der Waals surface area contributed by atoms with E-state index >= 15 is 0 Å². The van der Waals surface area contributed by atoms with Gasteiger partial charge >= 0.3 is 0 Å². The zero-order valence-corrected chi connectivity index (χ0v) is 61.1. The minimum Gasteiger partial charge on any atom is -0.338 e. The van der Waals surface area contributed by atoms with Gasteiger partial charge in [0.1, 0.15) is 0 Å². The Labute approximate surface area is 581 Å². The number of allylic oxidation sites excluding steroid dienone is 15. The van der Waals surface area contributed by atoms with Crippen molar-refractivity contribution in [1.29, 1.82) is 0 Å². The number of hydrogen-bond donors (Lipinski definition) is 0. The molecule has 7 aromatic rings. The predicted octanol–water partition coefficient (Wildman–Crippen LogP) is 27.0. The molecule has 0 amide bonds. The third kappa shape index (κ3) is 15.2. The molecule has 10 rings (SSSR count). The maximum absolute atomic E-state index is 4.57. The summed E-state index contributed by atoms with van der Waals surface area (Å²) in [5, 5.41) is 0.956. The van der Waals surface area contributed by atoms with Crippen molar-refractivity contribution in [2.75, 3.05) is 16.3 Å². The molecular weight excluding hydrogens is 1210 g/mol. The van der Waals surface area contributed by atoms with Gasteiger partial charge in [-0.15, -0.1) is 46.6 Å². The van der Waals surface area contributed by atoms with Gasteiger partial charge in [-0.25, -0.2) is 0 Å². The van der Waals surface area contributed by atoms with Gasteiger partial charge in [0.2, 0.25) is 0 Å². The first-order chi connectivity index (χ1) is 45.5. The van der Waals surface area contributed by atoms with Gasteiger partial charge in [-0.2, -0.15) is 0 Å². The molecule has 2 aliphatic heterocycles. The first-order valence-corrected chi connectivity index (χ1v) is 37.0. The van der Waals surface area contributed by atoms with Crippen molar-refractivity contribution in [2.45, 2.75) is 126 Å².